The van der Waals surface area contributed by atoms with E-state index in [2.05, 4.69) is 0 Å². The van der Waals surface area contributed by atoms with E-state index in [-0.39, 0.29) is 11.3 Å². The molecule has 24 heavy (non-hydrogen) atoms. The first-order valence-corrected chi connectivity index (χ1v) is 8.49. The van der Waals surface area contributed by atoms with E-state index >= 15 is 0 Å². The van der Waals surface area contributed by atoms with Crippen LogP contribution in [-0.2, 0) is 10.0 Å². The number of hydrogen-bond acceptors (Lipinski definition) is 4. The number of hydrogen-bond donors (Lipinski definition) is 1. The van der Waals surface area contributed by atoms with Crippen LogP contribution in [0.1, 0.15) is 0 Å². The molecule has 1 heterocycles. The zero-order valence-electron chi connectivity index (χ0n) is 11.9. The molecular weight excluding hydrogens is 359 g/mol. The normalized spacial score (nSPS) is 11.6. The number of halogens is 2. The third-order valence-electron chi connectivity index (χ3n) is 3.30. The molecule has 0 amide bonds. The molecule has 3 aromatic rings. The van der Waals surface area contributed by atoms with Gasteiger partial charge in [0.05, 0.1) is 11.4 Å². The van der Waals surface area contributed by atoms with E-state index in [9.17, 15) is 17.6 Å². The summed E-state index contributed by atoms with van der Waals surface area (Å²) in [6.07, 6.45) is 1.15. The minimum Gasteiger partial charge on any atom is -0.415 e. The third kappa shape index (κ3) is 2.99. The van der Waals surface area contributed by atoms with Gasteiger partial charge in [0.25, 0.3) is 0 Å². The maximum atomic E-state index is 14.0. The maximum Gasteiger partial charge on any atom is 0.424 e. The minimum atomic E-state index is -4.18. The lowest BCUT2D eigenvalue weighted by Gasteiger charge is -2.08. The first-order valence-electron chi connectivity index (χ1n) is 6.56. The van der Waals surface area contributed by atoms with Crippen molar-refractivity contribution in [2.24, 2.45) is 5.14 Å². The second-order valence-corrected chi connectivity index (χ2v) is 6.86. The van der Waals surface area contributed by atoms with Crippen LogP contribution in [0.4, 0.5) is 4.39 Å². The zero-order valence-corrected chi connectivity index (χ0v) is 13.5. The van der Waals surface area contributed by atoms with Gasteiger partial charge in [0.1, 0.15) is 17.0 Å². The molecule has 124 valence electrons. The van der Waals surface area contributed by atoms with Gasteiger partial charge >= 0.3 is 5.76 Å². The molecule has 0 unspecified atom stereocenters. The van der Waals surface area contributed by atoms with Gasteiger partial charge in [0.15, 0.2) is 0 Å². The van der Waals surface area contributed by atoms with Crippen molar-refractivity contribution in [3.8, 4) is 16.9 Å². The van der Waals surface area contributed by atoms with Crippen LogP contribution >= 0.6 is 11.6 Å². The van der Waals surface area contributed by atoms with E-state index in [1.54, 1.807) is 18.2 Å². The van der Waals surface area contributed by atoms with Gasteiger partial charge in [0.2, 0.25) is 10.0 Å². The van der Waals surface area contributed by atoms with Gasteiger partial charge in [-0.15, -0.1) is 0 Å². The number of aromatic nitrogens is 1. The van der Waals surface area contributed by atoms with Crippen molar-refractivity contribution in [2.45, 2.75) is 4.90 Å². The van der Waals surface area contributed by atoms with Crippen molar-refractivity contribution >= 4 is 21.6 Å². The number of sulfonamides is 1. The van der Waals surface area contributed by atoms with Crippen LogP contribution in [0.15, 0.2) is 62.8 Å². The van der Waals surface area contributed by atoms with E-state index in [1.165, 1.54) is 16.7 Å². The van der Waals surface area contributed by atoms with Crippen molar-refractivity contribution in [1.82, 2.24) is 4.57 Å². The molecule has 0 radical (unpaired) electrons. The first-order chi connectivity index (χ1) is 11.3. The summed E-state index contributed by atoms with van der Waals surface area (Å²) in [5.41, 5.74) is 0.903. The highest BCUT2D eigenvalue weighted by Gasteiger charge is 2.18. The van der Waals surface area contributed by atoms with Crippen molar-refractivity contribution in [1.29, 1.82) is 0 Å². The van der Waals surface area contributed by atoms with Gasteiger partial charge in [-0.1, -0.05) is 23.7 Å². The Kier molecular flexibility index (Phi) is 4.04. The van der Waals surface area contributed by atoms with Gasteiger partial charge in [-0.05, 0) is 30.3 Å². The Bertz CT molecular complexity index is 1090. The molecule has 0 aliphatic carbocycles. The fourth-order valence-corrected chi connectivity index (χ4v) is 3.03. The molecule has 3 rings (SSSR count). The zero-order chi connectivity index (χ0) is 17.5. The fraction of sp³-hybridized carbons (Fsp3) is 0. The molecule has 2 aromatic carbocycles. The summed E-state index contributed by atoms with van der Waals surface area (Å²) in [5, 5.41) is 5.34. The molecule has 0 aliphatic heterocycles. The van der Waals surface area contributed by atoms with E-state index < -0.39 is 26.5 Å². The minimum absolute atomic E-state index is 0.238. The third-order valence-corrected chi connectivity index (χ3v) is 4.47. The summed E-state index contributed by atoms with van der Waals surface area (Å²) in [6.45, 7) is 0. The van der Waals surface area contributed by atoms with Gasteiger partial charge in [-0.25, -0.2) is 27.3 Å². The van der Waals surface area contributed by atoms with Crippen LogP contribution in [-0.4, -0.2) is 13.0 Å². The number of rotatable bonds is 3. The summed E-state index contributed by atoms with van der Waals surface area (Å²) < 4.78 is 42.7. The second kappa shape index (κ2) is 5.90. The molecule has 2 N–H and O–H groups in total. The molecule has 6 nitrogen and oxygen atoms in total. The molecule has 0 spiro atoms. The lowest BCUT2D eigenvalue weighted by molar-refractivity contribution is 0.504. The Morgan fingerprint density at radius 2 is 1.92 bits per heavy atom. The highest BCUT2D eigenvalue weighted by atomic mass is 35.5. The number of benzene rings is 2. The monoisotopic (exact) mass is 368 g/mol. The topological polar surface area (TPSA) is 95.3 Å². The smallest absolute Gasteiger partial charge is 0.415 e. The van der Waals surface area contributed by atoms with Crippen molar-refractivity contribution in [3.63, 3.8) is 0 Å². The number of primary sulfonamides is 1. The van der Waals surface area contributed by atoms with Gasteiger partial charge < -0.3 is 4.42 Å². The van der Waals surface area contributed by atoms with E-state index in [1.807, 2.05) is 0 Å². The van der Waals surface area contributed by atoms with Crippen LogP contribution in [0.2, 0.25) is 5.02 Å². The average molecular weight is 369 g/mol. The van der Waals surface area contributed by atoms with Gasteiger partial charge in [-0.3, -0.25) is 0 Å². The largest absolute Gasteiger partial charge is 0.424 e. The highest BCUT2D eigenvalue weighted by Crippen LogP contribution is 2.26. The predicted molar refractivity (Wildman–Crippen MR) is 86.1 cm³/mol. The summed E-state index contributed by atoms with van der Waals surface area (Å²) in [7, 11) is -4.18. The highest BCUT2D eigenvalue weighted by molar-refractivity contribution is 7.89. The Morgan fingerprint density at radius 3 is 2.54 bits per heavy atom. The molecule has 0 aliphatic rings. The molecular formula is C15H10ClFN2O4S. The van der Waals surface area contributed by atoms with Crippen LogP contribution < -0.4 is 10.9 Å². The summed E-state index contributed by atoms with van der Waals surface area (Å²) in [5.74, 6) is -1.72. The standard InChI is InChI=1S/C15H10ClFN2O4S/c16-10-2-1-3-11(7-10)19-13(8-23-15(19)20)9-4-5-14(12(17)6-9)24(18,21)22/h1-8H,(H2,18,21,22). The van der Waals surface area contributed by atoms with E-state index in [0.29, 0.717) is 10.7 Å². The van der Waals surface area contributed by atoms with Gasteiger partial charge in [-0.2, -0.15) is 0 Å². The second-order valence-electron chi connectivity index (χ2n) is 4.89. The van der Waals surface area contributed by atoms with Crippen molar-refractivity contribution < 1.29 is 17.2 Å². The van der Waals surface area contributed by atoms with E-state index in [4.69, 9.17) is 21.2 Å². The molecule has 0 saturated heterocycles. The Balaban J connectivity index is 2.19. The quantitative estimate of drug-likeness (QED) is 0.768. The Labute approximate surface area is 141 Å². The maximum absolute atomic E-state index is 14.0. The summed E-state index contributed by atoms with van der Waals surface area (Å²) in [4.78, 5) is 11.3. The number of oxazole rings is 1. The SMILES string of the molecule is NS(=O)(=O)c1ccc(-c2coc(=O)n2-c2cccc(Cl)c2)cc1F. The molecule has 0 bridgehead atoms. The van der Waals surface area contributed by atoms with Crippen molar-refractivity contribution in [2.75, 3.05) is 0 Å². The van der Waals surface area contributed by atoms with E-state index in [0.717, 1.165) is 18.4 Å². The summed E-state index contributed by atoms with van der Waals surface area (Å²) in [6, 6.07) is 9.76. The summed E-state index contributed by atoms with van der Waals surface area (Å²) >= 11 is 5.92. The molecule has 9 heteroatoms. The number of nitrogens with zero attached hydrogens (tertiary/aromatic N) is 1. The van der Waals surface area contributed by atoms with Crippen LogP contribution in [0, 0.1) is 5.82 Å². The average Bonchev–Trinajstić information content (AvgIpc) is 2.87. The van der Waals surface area contributed by atoms with Crippen LogP contribution in [0.3, 0.4) is 0 Å². The van der Waals surface area contributed by atoms with Gasteiger partial charge in [0, 0.05) is 10.6 Å². The first kappa shape index (κ1) is 16.4. The fourth-order valence-electron chi connectivity index (χ4n) is 2.26. The predicted octanol–water partition coefficient (Wildman–Crippen LogP) is 2.54. The lowest BCUT2D eigenvalue weighted by atomic mass is 10.1. The molecule has 0 atom stereocenters. The Hall–Kier alpha value is -2.42. The number of nitrogens with two attached hydrogens (primary N) is 1. The van der Waals surface area contributed by atoms with Crippen molar-refractivity contribution in [3.05, 3.63) is 70.1 Å². The Morgan fingerprint density at radius 1 is 1.17 bits per heavy atom. The molecule has 0 saturated carbocycles. The molecule has 0 fully saturated rings. The molecule has 1 aromatic heterocycles. The van der Waals surface area contributed by atoms with Crippen LogP contribution in [0.5, 0.6) is 0 Å². The van der Waals surface area contributed by atoms with Crippen LogP contribution in [0.25, 0.3) is 16.9 Å². The lowest BCUT2D eigenvalue weighted by Crippen LogP contribution is -2.15.